The van der Waals surface area contributed by atoms with Gasteiger partial charge >= 0.3 is 0 Å². The molecule has 1 amide bonds. The molecule has 0 radical (unpaired) electrons. The molecule has 1 aromatic carbocycles. The quantitative estimate of drug-likeness (QED) is 0.569. The lowest BCUT2D eigenvalue weighted by molar-refractivity contribution is 0.100. The van der Waals surface area contributed by atoms with E-state index < -0.39 is 5.91 Å². The first-order chi connectivity index (χ1) is 7.15. The molecule has 0 aliphatic rings. The maximum Gasteiger partial charge on any atom is 0.248 e. The first-order valence-electron chi connectivity index (χ1n) is 4.97. The summed E-state index contributed by atoms with van der Waals surface area (Å²) in [6, 6.07) is 4.81. The van der Waals surface area contributed by atoms with Crippen LogP contribution in [0, 0.1) is 0 Å². The zero-order valence-electron chi connectivity index (χ0n) is 8.82. The summed E-state index contributed by atoms with van der Waals surface area (Å²) in [4.78, 5) is 10.9. The lowest BCUT2D eigenvalue weighted by Crippen LogP contribution is -2.11. The number of ether oxygens (including phenoxy) is 1. The largest absolute Gasteiger partial charge is 0.491 e. The molecule has 15 heavy (non-hydrogen) atoms. The Labute approximate surface area is 89.2 Å². The van der Waals surface area contributed by atoms with Crippen LogP contribution in [0.25, 0.3) is 0 Å². The molecule has 0 aliphatic heterocycles. The van der Waals surface area contributed by atoms with Crippen LogP contribution in [0.15, 0.2) is 18.2 Å². The van der Waals surface area contributed by atoms with Crippen LogP contribution in [0.4, 0.5) is 5.69 Å². The Morgan fingerprint density at radius 2 is 2.20 bits per heavy atom. The van der Waals surface area contributed by atoms with Gasteiger partial charge in [-0.25, -0.2) is 0 Å². The van der Waals surface area contributed by atoms with E-state index in [9.17, 15) is 4.79 Å². The van der Waals surface area contributed by atoms with Crippen LogP contribution in [0.3, 0.4) is 0 Å². The van der Waals surface area contributed by atoms with E-state index in [1.807, 2.05) is 0 Å². The molecule has 0 atom stereocenters. The average Bonchev–Trinajstić information content (AvgIpc) is 2.20. The van der Waals surface area contributed by atoms with Crippen molar-refractivity contribution in [2.75, 3.05) is 12.3 Å². The maximum atomic E-state index is 10.9. The molecule has 0 saturated heterocycles. The van der Waals surface area contributed by atoms with Crippen LogP contribution in [0.2, 0.25) is 0 Å². The molecule has 0 bridgehead atoms. The van der Waals surface area contributed by atoms with Crippen molar-refractivity contribution in [3.8, 4) is 5.75 Å². The molecule has 1 rings (SSSR count). The van der Waals surface area contributed by atoms with Crippen LogP contribution in [0.5, 0.6) is 5.75 Å². The number of nitrogens with two attached hydrogens (primary N) is 2. The van der Waals surface area contributed by atoms with Crippen molar-refractivity contribution < 1.29 is 9.53 Å². The zero-order valence-corrected chi connectivity index (χ0v) is 8.82. The standard InChI is InChI=1S/C11H16N2O2/c1-2-3-6-15-10-5-4-8(11(13)14)7-9(10)12/h4-5,7H,2-3,6,12H2,1H3,(H2,13,14). The number of nitrogen functional groups attached to an aromatic ring is 1. The van der Waals surface area contributed by atoms with Crippen molar-refractivity contribution >= 4 is 11.6 Å². The summed E-state index contributed by atoms with van der Waals surface area (Å²) in [5.41, 5.74) is 11.7. The highest BCUT2D eigenvalue weighted by Crippen LogP contribution is 2.22. The Balaban J connectivity index is 2.70. The Bertz CT molecular complexity index is 350. The number of primary amides is 1. The number of carbonyl (C=O) groups is 1. The van der Waals surface area contributed by atoms with Gasteiger partial charge < -0.3 is 16.2 Å². The van der Waals surface area contributed by atoms with Crippen LogP contribution >= 0.6 is 0 Å². The lowest BCUT2D eigenvalue weighted by Gasteiger charge is -2.08. The topological polar surface area (TPSA) is 78.3 Å². The molecule has 4 nitrogen and oxygen atoms in total. The third-order valence-electron chi connectivity index (χ3n) is 2.05. The SMILES string of the molecule is CCCCOc1ccc(C(N)=O)cc1N. The van der Waals surface area contributed by atoms with Gasteiger partial charge in [0.2, 0.25) is 5.91 Å². The number of unbranched alkanes of at least 4 members (excludes halogenated alkanes) is 1. The van der Waals surface area contributed by atoms with E-state index in [-0.39, 0.29) is 0 Å². The molecule has 0 saturated carbocycles. The second-order valence-corrected chi connectivity index (χ2v) is 3.32. The van der Waals surface area contributed by atoms with Crippen LogP contribution in [-0.2, 0) is 0 Å². The summed E-state index contributed by atoms with van der Waals surface area (Å²) in [7, 11) is 0. The normalized spacial score (nSPS) is 9.93. The molecule has 0 spiro atoms. The molecule has 0 unspecified atom stereocenters. The molecular formula is C11H16N2O2. The number of rotatable bonds is 5. The highest BCUT2D eigenvalue weighted by atomic mass is 16.5. The monoisotopic (exact) mass is 208 g/mol. The first kappa shape index (κ1) is 11.4. The predicted octanol–water partition coefficient (Wildman–Crippen LogP) is 1.55. The van der Waals surface area contributed by atoms with Gasteiger partial charge in [0, 0.05) is 5.56 Å². The maximum absolute atomic E-state index is 10.9. The molecule has 82 valence electrons. The lowest BCUT2D eigenvalue weighted by atomic mass is 10.2. The fourth-order valence-corrected chi connectivity index (χ4v) is 1.16. The molecule has 0 heterocycles. The van der Waals surface area contributed by atoms with Gasteiger partial charge in [-0.05, 0) is 24.6 Å². The van der Waals surface area contributed by atoms with Gasteiger partial charge in [0.05, 0.1) is 12.3 Å². The van der Waals surface area contributed by atoms with E-state index >= 15 is 0 Å². The summed E-state index contributed by atoms with van der Waals surface area (Å²) >= 11 is 0. The van der Waals surface area contributed by atoms with Crippen LogP contribution in [-0.4, -0.2) is 12.5 Å². The van der Waals surface area contributed by atoms with E-state index in [0.29, 0.717) is 23.6 Å². The second kappa shape index (κ2) is 5.24. The third-order valence-corrected chi connectivity index (χ3v) is 2.05. The summed E-state index contributed by atoms with van der Waals surface area (Å²) in [6.07, 6.45) is 2.05. The molecule has 0 aliphatic carbocycles. The van der Waals surface area contributed by atoms with Gasteiger partial charge in [0.15, 0.2) is 0 Å². The summed E-state index contributed by atoms with van der Waals surface area (Å²) in [5.74, 6) is 0.121. The third kappa shape index (κ3) is 3.16. The number of hydrogen-bond acceptors (Lipinski definition) is 3. The van der Waals surface area contributed by atoms with Crippen molar-refractivity contribution in [1.82, 2.24) is 0 Å². The van der Waals surface area contributed by atoms with E-state index in [1.165, 1.54) is 6.07 Å². The Morgan fingerprint density at radius 1 is 1.47 bits per heavy atom. The summed E-state index contributed by atoms with van der Waals surface area (Å²) in [5, 5.41) is 0. The highest BCUT2D eigenvalue weighted by molar-refractivity contribution is 5.94. The number of carbonyl (C=O) groups excluding carboxylic acids is 1. The molecule has 1 aromatic rings. The van der Waals surface area contributed by atoms with Crippen molar-refractivity contribution in [3.05, 3.63) is 23.8 Å². The predicted molar refractivity (Wildman–Crippen MR) is 59.8 cm³/mol. The molecule has 4 N–H and O–H groups in total. The minimum Gasteiger partial charge on any atom is -0.491 e. The highest BCUT2D eigenvalue weighted by Gasteiger charge is 2.05. The molecule has 4 heteroatoms. The van der Waals surface area contributed by atoms with Gasteiger partial charge in [0.1, 0.15) is 5.75 Å². The fraction of sp³-hybridized carbons (Fsp3) is 0.364. The van der Waals surface area contributed by atoms with E-state index in [2.05, 4.69) is 6.92 Å². The number of amides is 1. The Kier molecular flexibility index (Phi) is 3.97. The molecule has 0 aromatic heterocycles. The average molecular weight is 208 g/mol. The number of benzene rings is 1. The van der Waals surface area contributed by atoms with Gasteiger partial charge in [-0.2, -0.15) is 0 Å². The van der Waals surface area contributed by atoms with E-state index in [1.54, 1.807) is 12.1 Å². The van der Waals surface area contributed by atoms with Gasteiger partial charge in [-0.15, -0.1) is 0 Å². The first-order valence-corrected chi connectivity index (χ1v) is 4.97. The molecular weight excluding hydrogens is 192 g/mol. The minimum absolute atomic E-state index is 0.398. The van der Waals surface area contributed by atoms with Crippen molar-refractivity contribution in [1.29, 1.82) is 0 Å². The Hall–Kier alpha value is -1.71. The van der Waals surface area contributed by atoms with Crippen molar-refractivity contribution in [2.24, 2.45) is 5.73 Å². The second-order valence-electron chi connectivity index (χ2n) is 3.32. The van der Waals surface area contributed by atoms with E-state index in [0.717, 1.165) is 12.8 Å². The van der Waals surface area contributed by atoms with Crippen molar-refractivity contribution in [3.63, 3.8) is 0 Å². The van der Waals surface area contributed by atoms with Crippen LogP contribution < -0.4 is 16.2 Å². The van der Waals surface area contributed by atoms with Crippen molar-refractivity contribution in [2.45, 2.75) is 19.8 Å². The smallest absolute Gasteiger partial charge is 0.248 e. The molecule has 0 fully saturated rings. The van der Waals surface area contributed by atoms with Gasteiger partial charge in [-0.1, -0.05) is 13.3 Å². The minimum atomic E-state index is -0.484. The van der Waals surface area contributed by atoms with Gasteiger partial charge in [-0.3, -0.25) is 4.79 Å². The fourth-order valence-electron chi connectivity index (χ4n) is 1.16. The number of hydrogen-bond donors (Lipinski definition) is 2. The van der Waals surface area contributed by atoms with Gasteiger partial charge in [0.25, 0.3) is 0 Å². The summed E-state index contributed by atoms with van der Waals surface area (Å²) in [6.45, 7) is 2.72. The number of anilines is 1. The van der Waals surface area contributed by atoms with E-state index in [4.69, 9.17) is 16.2 Å². The Morgan fingerprint density at radius 3 is 2.73 bits per heavy atom. The summed E-state index contributed by atoms with van der Waals surface area (Å²) < 4.78 is 5.43. The zero-order chi connectivity index (χ0) is 11.3. The van der Waals surface area contributed by atoms with Crippen LogP contribution in [0.1, 0.15) is 30.1 Å².